The molecule has 2 aromatic rings. The van der Waals surface area contributed by atoms with Gasteiger partial charge in [-0.2, -0.15) is 4.98 Å². The molecule has 1 saturated heterocycles. The molecule has 4 rings (SSSR count). The van der Waals surface area contributed by atoms with Crippen LogP contribution in [0.3, 0.4) is 0 Å². The number of hydrogen-bond acceptors (Lipinski definition) is 13. The Morgan fingerprint density at radius 3 is 2.37 bits per heavy atom. The SMILES string of the molecule is C[C@@H](O)[C@@H](N)C(=O)ONc1ccn([C@@H]2O[C@H](CO)[C@H]3OC(=O)c4ccccc4C(=O)O[C@H]32)c(=O)n1. The maximum Gasteiger partial charge on any atom is 0.351 e. The summed E-state index contributed by atoms with van der Waals surface area (Å²) in [5.41, 5.74) is 6.68. The Labute approximate surface area is 197 Å². The quantitative estimate of drug-likeness (QED) is 0.207. The standard InChI is InChI=1S/C21H22N4O10/c1-9(27)14(22)20(30)35-24-13-6-7-25(21(31)23-13)17-16-15(12(8-26)32-17)33-18(28)10-4-2-3-5-11(10)19(29)34-16/h2-7,9,12,14-17,26-27H,8,22H2,1H3,(H,23,24,31)/t9-,12-,14-,15-,16-,17-/m1/s1. The van der Waals surface area contributed by atoms with Crippen molar-refractivity contribution in [3.05, 3.63) is 58.1 Å². The largest absolute Gasteiger partial charge is 0.452 e. The van der Waals surface area contributed by atoms with Crippen LogP contribution < -0.4 is 16.9 Å². The fourth-order valence-corrected chi connectivity index (χ4v) is 3.59. The van der Waals surface area contributed by atoms with Gasteiger partial charge in [-0.05, 0) is 19.1 Å². The molecule has 35 heavy (non-hydrogen) atoms. The highest BCUT2D eigenvalue weighted by molar-refractivity contribution is 6.03. The second kappa shape index (κ2) is 9.79. The number of nitrogens with one attached hydrogen (secondary N) is 1. The summed E-state index contributed by atoms with van der Waals surface area (Å²) in [4.78, 5) is 58.3. The van der Waals surface area contributed by atoms with Crippen LogP contribution in [0.1, 0.15) is 33.9 Å². The number of anilines is 1. The summed E-state index contributed by atoms with van der Waals surface area (Å²) in [5.74, 6) is -2.79. The molecule has 6 atom stereocenters. The molecule has 0 amide bonds. The van der Waals surface area contributed by atoms with Gasteiger partial charge in [-0.25, -0.2) is 24.7 Å². The van der Waals surface area contributed by atoms with Gasteiger partial charge >= 0.3 is 23.6 Å². The normalized spacial score (nSPS) is 25.1. The zero-order valence-electron chi connectivity index (χ0n) is 18.3. The summed E-state index contributed by atoms with van der Waals surface area (Å²) >= 11 is 0. The van der Waals surface area contributed by atoms with E-state index in [1.807, 2.05) is 0 Å². The molecule has 3 heterocycles. The van der Waals surface area contributed by atoms with E-state index < -0.39 is 66.9 Å². The maximum absolute atomic E-state index is 12.8. The van der Waals surface area contributed by atoms with Gasteiger partial charge in [-0.1, -0.05) is 12.1 Å². The van der Waals surface area contributed by atoms with Gasteiger partial charge < -0.3 is 35.0 Å². The molecule has 1 aromatic carbocycles. The minimum Gasteiger partial charge on any atom is -0.452 e. The third-order valence-electron chi connectivity index (χ3n) is 5.47. The molecule has 1 fully saturated rings. The molecule has 186 valence electrons. The van der Waals surface area contributed by atoms with Crippen LogP contribution in [0.2, 0.25) is 0 Å². The number of fused-ring (bicyclic) bond motifs is 2. The highest BCUT2D eigenvalue weighted by Gasteiger charge is 2.52. The maximum atomic E-state index is 12.8. The Morgan fingerprint density at radius 2 is 1.80 bits per heavy atom. The Morgan fingerprint density at radius 1 is 1.17 bits per heavy atom. The number of benzene rings is 1. The molecule has 2 aliphatic heterocycles. The number of aromatic nitrogens is 2. The van der Waals surface area contributed by atoms with Gasteiger partial charge in [0.05, 0.1) is 23.8 Å². The number of hydrogen-bond donors (Lipinski definition) is 4. The molecule has 0 bridgehead atoms. The van der Waals surface area contributed by atoms with Crippen molar-refractivity contribution in [1.82, 2.24) is 9.55 Å². The summed E-state index contributed by atoms with van der Waals surface area (Å²) in [6.07, 6.45) is -4.83. The van der Waals surface area contributed by atoms with E-state index in [4.69, 9.17) is 24.8 Å². The first-order chi connectivity index (χ1) is 16.7. The van der Waals surface area contributed by atoms with Crippen molar-refractivity contribution in [2.45, 2.75) is 43.6 Å². The zero-order chi connectivity index (χ0) is 25.3. The number of ether oxygens (including phenoxy) is 3. The molecule has 0 spiro atoms. The Bertz CT molecular complexity index is 1200. The highest BCUT2D eigenvalue weighted by Crippen LogP contribution is 2.35. The van der Waals surface area contributed by atoms with Crippen LogP contribution in [0.25, 0.3) is 0 Å². The topological polar surface area (TPSA) is 202 Å². The predicted octanol–water partition coefficient (Wildman–Crippen LogP) is -1.52. The first-order valence-corrected chi connectivity index (χ1v) is 10.5. The summed E-state index contributed by atoms with van der Waals surface area (Å²) in [6.45, 7) is 0.712. The molecule has 14 heteroatoms. The van der Waals surface area contributed by atoms with E-state index in [1.54, 1.807) is 12.1 Å². The van der Waals surface area contributed by atoms with Crippen molar-refractivity contribution in [3.63, 3.8) is 0 Å². The lowest BCUT2D eigenvalue weighted by Crippen LogP contribution is -2.44. The van der Waals surface area contributed by atoms with Crippen LogP contribution in [-0.4, -0.2) is 74.7 Å². The summed E-state index contributed by atoms with van der Waals surface area (Å²) in [5, 5.41) is 19.1. The summed E-state index contributed by atoms with van der Waals surface area (Å²) < 4.78 is 17.7. The number of carbonyl (C=O) groups is 3. The number of nitrogens with zero attached hydrogens (tertiary/aromatic N) is 2. The number of aliphatic hydroxyl groups excluding tert-OH is 2. The van der Waals surface area contributed by atoms with Crippen LogP contribution >= 0.6 is 0 Å². The van der Waals surface area contributed by atoms with E-state index in [1.165, 1.54) is 31.3 Å². The average Bonchev–Trinajstić information content (AvgIpc) is 3.17. The van der Waals surface area contributed by atoms with Gasteiger partial charge in [-0.3, -0.25) is 4.57 Å². The number of rotatable bonds is 6. The van der Waals surface area contributed by atoms with Gasteiger partial charge in [0.1, 0.15) is 12.1 Å². The van der Waals surface area contributed by atoms with E-state index in [-0.39, 0.29) is 16.9 Å². The van der Waals surface area contributed by atoms with Gasteiger partial charge in [-0.15, -0.1) is 0 Å². The van der Waals surface area contributed by atoms with E-state index in [2.05, 4.69) is 10.5 Å². The molecular formula is C21H22N4O10. The first-order valence-electron chi connectivity index (χ1n) is 10.5. The number of nitrogens with two attached hydrogens (primary N) is 1. The van der Waals surface area contributed by atoms with Crippen molar-refractivity contribution in [1.29, 1.82) is 0 Å². The minimum absolute atomic E-state index is 0.00444. The molecule has 0 saturated carbocycles. The lowest BCUT2D eigenvalue weighted by molar-refractivity contribution is -0.144. The number of esters is 2. The van der Waals surface area contributed by atoms with Crippen molar-refractivity contribution >= 4 is 23.7 Å². The van der Waals surface area contributed by atoms with Gasteiger partial charge in [0, 0.05) is 12.3 Å². The summed E-state index contributed by atoms with van der Waals surface area (Å²) in [7, 11) is 0. The van der Waals surface area contributed by atoms with E-state index in [0.29, 0.717) is 0 Å². The number of carbonyl (C=O) groups excluding carboxylic acids is 3. The van der Waals surface area contributed by atoms with Crippen molar-refractivity contribution in [3.8, 4) is 0 Å². The molecule has 0 radical (unpaired) electrons. The van der Waals surface area contributed by atoms with Gasteiger partial charge in [0.2, 0.25) is 0 Å². The second-order valence-electron chi connectivity index (χ2n) is 7.83. The molecule has 14 nitrogen and oxygen atoms in total. The molecule has 1 aromatic heterocycles. The zero-order valence-corrected chi connectivity index (χ0v) is 18.3. The smallest absolute Gasteiger partial charge is 0.351 e. The van der Waals surface area contributed by atoms with Crippen LogP contribution in [0.5, 0.6) is 0 Å². The van der Waals surface area contributed by atoms with Gasteiger partial charge in [0.15, 0.2) is 24.3 Å². The number of aliphatic hydroxyl groups is 2. The average molecular weight is 490 g/mol. The Kier molecular flexibility index (Phi) is 6.79. The third-order valence-corrected chi connectivity index (χ3v) is 5.47. The monoisotopic (exact) mass is 490 g/mol. The minimum atomic E-state index is -1.32. The van der Waals surface area contributed by atoms with Crippen LogP contribution in [0, 0.1) is 0 Å². The molecule has 0 unspecified atom stereocenters. The van der Waals surface area contributed by atoms with Crippen LogP contribution in [0.15, 0.2) is 41.3 Å². The van der Waals surface area contributed by atoms with E-state index in [9.17, 15) is 29.4 Å². The van der Waals surface area contributed by atoms with E-state index >= 15 is 0 Å². The molecular weight excluding hydrogens is 468 g/mol. The van der Waals surface area contributed by atoms with Crippen molar-refractivity contribution in [2.24, 2.45) is 5.73 Å². The predicted molar refractivity (Wildman–Crippen MR) is 114 cm³/mol. The molecule has 2 aliphatic rings. The molecule has 5 N–H and O–H groups in total. The van der Waals surface area contributed by atoms with Crippen molar-refractivity contribution in [2.75, 3.05) is 12.1 Å². The lowest BCUT2D eigenvalue weighted by atomic mass is 10.0. The molecule has 0 aliphatic carbocycles. The van der Waals surface area contributed by atoms with Crippen LogP contribution in [-0.2, 0) is 23.8 Å². The van der Waals surface area contributed by atoms with E-state index in [0.717, 1.165) is 4.57 Å². The highest BCUT2D eigenvalue weighted by atomic mass is 16.7. The fourth-order valence-electron chi connectivity index (χ4n) is 3.59. The fraction of sp³-hybridized carbons (Fsp3) is 0.381. The second-order valence-corrected chi connectivity index (χ2v) is 7.83. The Balaban J connectivity index is 1.58. The summed E-state index contributed by atoms with van der Waals surface area (Å²) in [6, 6.07) is 5.84. The Hall–Kier alpha value is -3.85. The van der Waals surface area contributed by atoms with Crippen LogP contribution in [0.4, 0.5) is 5.82 Å². The lowest BCUT2D eigenvalue weighted by Gasteiger charge is -2.27. The first kappa shape index (κ1) is 24.3. The van der Waals surface area contributed by atoms with Gasteiger partial charge in [0.25, 0.3) is 0 Å². The third kappa shape index (κ3) is 4.72. The van der Waals surface area contributed by atoms with Crippen molar-refractivity contribution < 1.29 is 43.6 Å².